The van der Waals surface area contributed by atoms with Gasteiger partial charge in [-0.1, -0.05) is 6.07 Å². The zero-order valence-corrected chi connectivity index (χ0v) is 11.2. The average molecular weight is 271 g/mol. The third-order valence-electron chi connectivity index (χ3n) is 2.72. The van der Waals surface area contributed by atoms with Gasteiger partial charge < -0.3 is 5.73 Å². The summed E-state index contributed by atoms with van der Waals surface area (Å²) in [6, 6.07) is 9.72. The van der Waals surface area contributed by atoms with Crippen LogP contribution in [0.1, 0.15) is 18.7 Å². The summed E-state index contributed by atoms with van der Waals surface area (Å²) < 4.78 is 1.95. The molecule has 3 heterocycles. The van der Waals surface area contributed by atoms with E-state index in [1.807, 2.05) is 54.0 Å². The Kier molecular flexibility index (Phi) is 3.18. The molecule has 3 aromatic rings. The van der Waals surface area contributed by atoms with Crippen LogP contribution in [-0.2, 0) is 0 Å². The van der Waals surface area contributed by atoms with Crippen molar-refractivity contribution in [3.05, 3.63) is 48.4 Å². The molecule has 0 saturated heterocycles. The first kappa shape index (κ1) is 12.1. The van der Waals surface area contributed by atoms with Crippen molar-refractivity contribution in [3.8, 4) is 0 Å². The van der Waals surface area contributed by atoms with Gasteiger partial charge in [-0.05, 0) is 43.0 Å². The molecule has 2 N–H and O–H groups in total. The topological polar surface area (TPSA) is 69.1 Å². The first-order chi connectivity index (χ1) is 9.24. The first-order valence-electron chi connectivity index (χ1n) is 5.93. The van der Waals surface area contributed by atoms with Gasteiger partial charge >= 0.3 is 0 Å². The van der Waals surface area contributed by atoms with E-state index >= 15 is 0 Å². The highest BCUT2D eigenvalue weighted by Crippen LogP contribution is 2.26. The van der Waals surface area contributed by atoms with E-state index in [1.165, 1.54) is 11.8 Å². The maximum atomic E-state index is 5.78. The SMILES string of the molecule is C[C@@H](N)c1ccc(Sc2nnc3ccccn23)cn1. The Morgan fingerprint density at radius 1 is 1.21 bits per heavy atom. The highest BCUT2D eigenvalue weighted by atomic mass is 32.2. The van der Waals surface area contributed by atoms with Crippen LogP contribution >= 0.6 is 11.8 Å². The van der Waals surface area contributed by atoms with Crippen molar-refractivity contribution < 1.29 is 0 Å². The number of hydrogen-bond acceptors (Lipinski definition) is 5. The number of nitrogens with zero attached hydrogens (tertiary/aromatic N) is 4. The van der Waals surface area contributed by atoms with Gasteiger partial charge in [-0.25, -0.2) is 0 Å². The molecule has 3 rings (SSSR count). The summed E-state index contributed by atoms with van der Waals surface area (Å²) in [6.45, 7) is 1.92. The van der Waals surface area contributed by atoms with Crippen LogP contribution < -0.4 is 5.73 Å². The van der Waals surface area contributed by atoms with E-state index in [9.17, 15) is 0 Å². The monoisotopic (exact) mass is 271 g/mol. The summed E-state index contributed by atoms with van der Waals surface area (Å²) in [5, 5.41) is 9.11. The predicted octanol–water partition coefficient (Wildman–Crippen LogP) is 2.30. The molecular formula is C13H13N5S. The van der Waals surface area contributed by atoms with Crippen LogP contribution in [0.3, 0.4) is 0 Å². The molecule has 0 aromatic carbocycles. The molecule has 3 aromatic heterocycles. The van der Waals surface area contributed by atoms with E-state index in [-0.39, 0.29) is 6.04 Å². The molecule has 0 radical (unpaired) electrons. The van der Waals surface area contributed by atoms with Crippen LogP contribution in [0.5, 0.6) is 0 Å². The normalized spacial score (nSPS) is 12.7. The maximum Gasteiger partial charge on any atom is 0.200 e. The molecule has 96 valence electrons. The zero-order valence-electron chi connectivity index (χ0n) is 10.4. The summed E-state index contributed by atoms with van der Waals surface area (Å²) in [5.74, 6) is 0. The minimum atomic E-state index is -0.0482. The molecular weight excluding hydrogens is 258 g/mol. The standard InChI is InChI=1S/C13H13N5S/c1-9(14)11-6-5-10(8-15-11)19-13-17-16-12-4-2-3-7-18(12)13/h2-9H,14H2,1H3/t9-/m1/s1. The van der Waals surface area contributed by atoms with E-state index in [1.54, 1.807) is 0 Å². The third kappa shape index (κ3) is 2.45. The van der Waals surface area contributed by atoms with Gasteiger partial charge in [-0.3, -0.25) is 9.38 Å². The highest BCUT2D eigenvalue weighted by molar-refractivity contribution is 7.99. The Morgan fingerprint density at radius 2 is 2.11 bits per heavy atom. The largest absolute Gasteiger partial charge is 0.323 e. The van der Waals surface area contributed by atoms with Crippen molar-refractivity contribution in [2.24, 2.45) is 5.73 Å². The van der Waals surface area contributed by atoms with E-state index in [2.05, 4.69) is 15.2 Å². The molecule has 0 aliphatic carbocycles. The Bertz CT molecular complexity index is 690. The van der Waals surface area contributed by atoms with Gasteiger partial charge in [-0.2, -0.15) is 0 Å². The van der Waals surface area contributed by atoms with Crippen LogP contribution in [-0.4, -0.2) is 19.6 Å². The lowest BCUT2D eigenvalue weighted by atomic mass is 10.2. The summed E-state index contributed by atoms with van der Waals surface area (Å²) in [4.78, 5) is 5.35. The van der Waals surface area contributed by atoms with E-state index < -0.39 is 0 Å². The Morgan fingerprint density at radius 3 is 2.84 bits per heavy atom. The molecule has 0 unspecified atom stereocenters. The predicted molar refractivity (Wildman–Crippen MR) is 73.9 cm³/mol. The molecule has 0 saturated carbocycles. The zero-order chi connectivity index (χ0) is 13.2. The smallest absolute Gasteiger partial charge is 0.200 e. The van der Waals surface area contributed by atoms with Gasteiger partial charge in [0, 0.05) is 23.3 Å². The van der Waals surface area contributed by atoms with Gasteiger partial charge in [-0.15, -0.1) is 10.2 Å². The maximum absolute atomic E-state index is 5.78. The van der Waals surface area contributed by atoms with Crippen LogP contribution in [0.15, 0.2) is 52.8 Å². The Labute approximate surface area is 114 Å². The number of fused-ring (bicyclic) bond motifs is 1. The van der Waals surface area contributed by atoms with Crippen LogP contribution in [0, 0.1) is 0 Å². The lowest BCUT2D eigenvalue weighted by Gasteiger charge is -2.05. The quantitative estimate of drug-likeness (QED) is 0.791. The Balaban J connectivity index is 1.88. The van der Waals surface area contributed by atoms with Gasteiger partial charge in [0.05, 0.1) is 5.69 Å². The highest BCUT2D eigenvalue weighted by Gasteiger charge is 2.07. The van der Waals surface area contributed by atoms with Crippen LogP contribution in [0.2, 0.25) is 0 Å². The second kappa shape index (κ2) is 4.99. The third-order valence-corrected chi connectivity index (χ3v) is 3.66. The molecule has 0 bridgehead atoms. The molecule has 19 heavy (non-hydrogen) atoms. The van der Waals surface area contributed by atoms with Crippen molar-refractivity contribution in [1.82, 2.24) is 19.6 Å². The lowest BCUT2D eigenvalue weighted by molar-refractivity contribution is 0.777. The molecule has 5 nitrogen and oxygen atoms in total. The summed E-state index contributed by atoms with van der Waals surface area (Å²) in [5.41, 5.74) is 7.50. The molecule has 0 fully saturated rings. The fourth-order valence-corrected chi connectivity index (χ4v) is 2.50. The average Bonchev–Trinajstić information content (AvgIpc) is 2.83. The van der Waals surface area contributed by atoms with Gasteiger partial charge in [0.2, 0.25) is 0 Å². The van der Waals surface area contributed by atoms with Gasteiger partial charge in [0.1, 0.15) is 0 Å². The second-order valence-electron chi connectivity index (χ2n) is 4.22. The molecule has 0 spiro atoms. The number of hydrogen-bond donors (Lipinski definition) is 1. The van der Waals surface area contributed by atoms with Gasteiger partial charge in [0.25, 0.3) is 0 Å². The van der Waals surface area contributed by atoms with Crippen molar-refractivity contribution in [1.29, 1.82) is 0 Å². The van der Waals surface area contributed by atoms with Crippen molar-refractivity contribution in [3.63, 3.8) is 0 Å². The van der Waals surface area contributed by atoms with E-state index in [0.29, 0.717) is 0 Å². The van der Waals surface area contributed by atoms with Gasteiger partial charge in [0.15, 0.2) is 10.8 Å². The van der Waals surface area contributed by atoms with Crippen LogP contribution in [0.4, 0.5) is 0 Å². The summed E-state index contributed by atoms with van der Waals surface area (Å²) in [6.07, 6.45) is 3.76. The molecule has 1 atom stereocenters. The van der Waals surface area contributed by atoms with Crippen molar-refractivity contribution in [2.45, 2.75) is 23.0 Å². The Hall–Kier alpha value is -1.92. The summed E-state index contributed by atoms with van der Waals surface area (Å²) in [7, 11) is 0. The second-order valence-corrected chi connectivity index (χ2v) is 5.26. The summed E-state index contributed by atoms with van der Waals surface area (Å²) >= 11 is 1.53. The minimum Gasteiger partial charge on any atom is -0.323 e. The molecule has 0 aliphatic heterocycles. The molecule has 0 aliphatic rings. The number of rotatable bonds is 3. The van der Waals surface area contributed by atoms with E-state index in [0.717, 1.165) is 21.4 Å². The van der Waals surface area contributed by atoms with E-state index in [4.69, 9.17) is 5.73 Å². The number of nitrogens with two attached hydrogens (primary N) is 1. The molecule has 6 heteroatoms. The molecule has 0 amide bonds. The van der Waals surface area contributed by atoms with Crippen molar-refractivity contribution in [2.75, 3.05) is 0 Å². The fourth-order valence-electron chi connectivity index (χ4n) is 1.72. The van der Waals surface area contributed by atoms with Crippen LogP contribution in [0.25, 0.3) is 5.65 Å². The first-order valence-corrected chi connectivity index (χ1v) is 6.75. The van der Waals surface area contributed by atoms with Crippen molar-refractivity contribution >= 4 is 17.4 Å². The fraction of sp³-hybridized carbons (Fsp3) is 0.154. The number of aromatic nitrogens is 4. The minimum absolute atomic E-state index is 0.0482. The lowest BCUT2D eigenvalue weighted by Crippen LogP contribution is -2.06. The number of pyridine rings is 2.